The van der Waals surface area contributed by atoms with E-state index >= 15 is 0 Å². The number of rotatable bonds is 5. The summed E-state index contributed by atoms with van der Waals surface area (Å²) < 4.78 is 4.41. The standard InChI is InChI=1S/C12H14N3O3/c1-3-15(9-7-5-4-6-8-9)11(16)10(14-13)12(17)18-2/h4-8,10H,3H2,1-2H3/q-1. The molecular weight excluding hydrogens is 234 g/mol. The number of esters is 1. The molecule has 1 rings (SSSR count). The van der Waals surface area contributed by atoms with Gasteiger partial charge in [-0.2, -0.15) is 0 Å². The average Bonchev–Trinajstić information content (AvgIpc) is 2.41. The molecule has 6 nitrogen and oxygen atoms in total. The SMILES string of the molecule is CCN(C(=O)C(N=[N-])C(=O)OC)c1ccccc1. The topological polar surface area (TPSA) is 81.3 Å². The largest absolute Gasteiger partial charge is 0.711 e. The lowest BCUT2D eigenvalue weighted by atomic mass is 10.2. The Balaban J connectivity index is 2.98. The molecule has 0 bridgehead atoms. The van der Waals surface area contributed by atoms with Gasteiger partial charge in [0.25, 0.3) is 5.91 Å². The number of nitrogens with zero attached hydrogens (tertiary/aromatic N) is 3. The molecular formula is C12H14N3O3-. The Morgan fingerprint density at radius 2 is 2.00 bits per heavy atom. The number of amides is 1. The van der Waals surface area contributed by atoms with Gasteiger partial charge in [-0.25, -0.2) is 4.79 Å². The van der Waals surface area contributed by atoms with Crippen molar-refractivity contribution in [3.8, 4) is 0 Å². The first-order valence-corrected chi connectivity index (χ1v) is 5.44. The van der Waals surface area contributed by atoms with Gasteiger partial charge < -0.3 is 20.3 Å². The van der Waals surface area contributed by atoms with Crippen molar-refractivity contribution in [2.24, 2.45) is 5.11 Å². The molecule has 0 aliphatic carbocycles. The zero-order chi connectivity index (χ0) is 13.5. The van der Waals surface area contributed by atoms with Gasteiger partial charge in [0, 0.05) is 12.2 Å². The first-order valence-electron chi connectivity index (χ1n) is 5.44. The Bertz CT molecular complexity index is 433. The first-order chi connectivity index (χ1) is 8.65. The maximum Gasteiger partial charge on any atom is 0.338 e. The molecule has 0 saturated heterocycles. The normalized spacial score (nSPS) is 11.4. The highest BCUT2D eigenvalue weighted by atomic mass is 16.5. The molecule has 0 aromatic heterocycles. The molecule has 96 valence electrons. The van der Waals surface area contributed by atoms with Crippen LogP contribution < -0.4 is 4.90 Å². The summed E-state index contributed by atoms with van der Waals surface area (Å²) in [5.41, 5.74) is 9.39. The fourth-order valence-electron chi connectivity index (χ4n) is 1.53. The third kappa shape index (κ3) is 2.91. The second kappa shape index (κ2) is 6.48. The van der Waals surface area contributed by atoms with Gasteiger partial charge in [-0.05, 0) is 19.1 Å². The number of benzene rings is 1. The molecule has 1 unspecified atom stereocenters. The number of ether oxygens (including phenoxy) is 1. The van der Waals surface area contributed by atoms with Crippen LogP contribution in [0.4, 0.5) is 5.69 Å². The first kappa shape index (κ1) is 13.8. The number of carbonyl (C=O) groups is 2. The smallest absolute Gasteiger partial charge is 0.338 e. The second-order valence-electron chi connectivity index (χ2n) is 3.46. The van der Waals surface area contributed by atoms with Crippen LogP contribution in [0.1, 0.15) is 6.92 Å². The summed E-state index contributed by atoms with van der Waals surface area (Å²) in [7, 11) is 1.13. The zero-order valence-electron chi connectivity index (χ0n) is 10.2. The van der Waals surface area contributed by atoms with Crippen molar-refractivity contribution >= 4 is 17.6 Å². The van der Waals surface area contributed by atoms with Crippen LogP contribution in [0.3, 0.4) is 0 Å². The van der Waals surface area contributed by atoms with Crippen LogP contribution in [0.25, 0.3) is 5.53 Å². The highest BCUT2D eigenvalue weighted by Gasteiger charge is 2.28. The highest BCUT2D eigenvalue weighted by molar-refractivity contribution is 6.09. The summed E-state index contributed by atoms with van der Waals surface area (Å²) in [4.78, 5) is 24.7. The molecule has 1 amide bonds. The molecule has 6 heteroatoms. The van der Waals surface area contributed by atoms with E-state index in [4.69, 9.17) is 5.53 Å². The zero-order valence-corrected chi connectivity index (χ0v) is 10.2. The van der Waals surface area contributed by atoms with E-state index in [0.29, 0.717) is 12.2 Å². The second-order valence-corrected chi connectivity index (χ2v) is 3.46. The van der Waals surface area contributed by atoms with Gasteiger partial charge in [-0.3, -0.25) is 4.79 Å². The number of hydrogen-bond donors (Lipinski definition) is 0. The van der Waals surface area contributed by atoms with Gasteiger partial charge in [-0.15, -0.1) is 0 Å². The number of methoxy groups -OCH3 is 1. The molecule has 1 atom stereocenters. The Morgan fingerprint density at radius 3 is 2.44 bits per heavy atom. The molecule has 18 heavy (non-hydrogen) atoms. The fraction of sp³-hybridized carbons (Fsp3) is 0.333. The minimum Gasteiger partial charge on any atom is -0.711 e. The summed E-state index contributed by atoms with van der Waals surface area (Å²) in [5, 5.41) is 2.79. The van der Waals surface area contributed by atoms with Gasteiger partial charge in [0.1, 0.15) is 0 Å². The molecule has 0 spiro atoms. The number of carbonyl (C=O) groups excluding carboxylic acids is 2. The number of anilines is 1. The van der Waals surface area contributed by atoms with Crippen molar-refractivity contribution in [3.05, 3.63) is 35.9 Å². The lowest BCUT2D eigenvalue weighted by molar-refractivity contribution is -0.145. The Hall–Kier alpha value is -2.24. The van der Waals surface area contributed by atoms with Crippen molar-refractivity contribution in [2.75, 3.05) is 18.6 Å². The predicted molar refractivity (Wildman–Crippen MR) is 66.1 cm³/mol. The van der Waals surface area contributed by atoms with E-state index in [1.807, 2.05) is 6.07 Å². The minimum atomic E-state index is -1.55. The highest BCUT2D eigenvalue weighted by Crippen LogP contribution is 2.15. The van der Waals surface area contributed by atoms with Gasteiger partial charge in [0.2, 0.25) is 6.04 Å². The number of likely N-dealkylation sites (N-methyl/N-ethyl adjacent to an activating group) is 1. The summed E-state index contributed by atoms with van der Waals surface area (Å²) in [6.07, 6.45) is 0. The molecule has 0 saturated carbocycles. The van der Waals surface area contributed by atoms with Gasteiger partial charge in [0.15, 0.2) is 0 Å². The fourth-order valence-corrected chi connectivity index (χ4v) is 1.53. The van der Waals surface area contributed by atoms with E-state index in [-0.39, 0.29) is 0 Å². The Kier molecular flexibility index (Phi) is 4.98. The van der Waals surface area contributed by atoms with Crippen LogP contribution in [0.15, 0.2) is 35.4 Å². The average molecular weight is 248 g/mol. The summed E-state index contributed by atoms with van der Waals surface area (Å²) in [6, 6.07) is 7.27. The monoisotopic (exact) mass is 248 g/mol. The van der Waals surface area contributed by atoms with E-state index < -0.39 is 17.9 Å². The lowest BCUT2D eigenvalue weighted by Crippen LogP contribution is -2.42. The van der Waals surface area contributed by atoms with E-state index in [0.717, 1.165) is 7.11 Å². The molecule has 0 aliphatic rings. The predicted octanol–water partition coefficient (Wildman–Crippen LogP) is 1.60. The van der Waals surface area contributed by atoms with Crippen molar-refractivity contribution in [3.63, 3.8) is 0 Å². The van der Waals surface area contributed by atoms with Crippen molar-refractivity contribution in [2.45, 2.75) is 13.0 Å². The van der Waals surface area contributed by atoms with Crippen molar-refractivity contribution in [1.82, 2.24) is 0 Å². The Labute approximate surface area is 105 Å². The quantitative estimate of drug-likeness (QED) is 0.451. The molecule has 0 radical (unpaired) electrons. The van der Waals surface area contributed by atoms with Crippen LogP contribution >= 0.6 is 0 Å². The Morgan fingerprint density at radius 1 is 1.39 bits per heavy atom. The molecule has 0 heterocycles. The molecule has 1 aromatic rings. The minimum absolute atomic E-state index is 0.353. The van der Waals surface area contributed by atoms with Crippen LogP contribution in [0.2, 0.25) is 0 Å². The summed E-state index contributed by atoms with van der Waals surface area (Å²) in [6.45, 7) is 2.11. The van der Waals surface area contributed by atoms with Crippen LogP contribution in [-0.4, -0.2) is 31.6 Å². The molecule has 1 aromatic carbocycles. The van der Waals surface area contributed by atoms with Crippen molar-refractivity contribution < 1.29 is 14.3 Å². The van der Waals surface area contributed by atoms with Crippen LogP contribution in [-0.2, 0) is 14.3 Å². The van der Waals surface area contributed by atoms with Gasteiger partial charge >= 0.3 is 5.97 Å². The maximum absolute atomic E-state index is 12.1. The van der Waals surface area contributed by atoms with Crippen molar-refractivity contribution in [1.29, 1.82) is 0 Å². The van der Waals surface area contributed by atoms with E-state index in [9.17, 15) is 9.59 Å². The van der Waals surface area contributed by atoms with E-state index in [2.05, 4.69) is 9.85 Å². The number of para-hydroxylation sites is 1. The molecule has 0 fully saturated rings. The summed E-state index contributed by atoms with van der Waals surface area (Å²) >= 11 is 0. The third-order valence-electron chi connectivity index (χ3n) is 2.42. The van der Waals surface area contributed by atoms with Gasteiger partial charge in [-0.1, -0.05) is 18.2 Å². The van der Waals surface area contributed by atoms with E-state index in [1.54, 1.807) is 31.2 Å². The molecule has 0 aliphatic heterocycles. The summed E-state index contributed by atoms with van der Waals surface area (Å²) in [5.74, 6) is -1.52. The lowest BCUT2D eigenvalue weighted by Gasteiger charge is -2.24. The molecule has 0 N–H and O–H groups in total. The van der Waals surface area contributed by atoms with Crippen LogP contribution in [0.5, 0.6) is 0 Å². The maximum atomic E-state index is 12.1. The third-order valence-corrected chi connectivity index (χ3v) is 2.42. The van der Waals surface area contributed by atoms with Crippen LogP contribution in [0, 0.1) is 0 Å². The number of hydrogen-bond acceptors (Lipinski definition) is 4. The van der Waals surface area contributed by atoms with E-state index in [1.165, 1.54) is 4.90 Å². The van der Waals surface area contributed by atoms with Gasteiger partial charge in [0.05, 0.1) is 7.11 Å².